The Morgan fingerprint density at radius 1 is 1.38 bits per heavy atom. The van der Waals surface area contributed by atoms with Crippen molar-refractivity contribution in [2.75, 3.05) is 39.3 Å². The van der Waals surface area contributed by atoms with Gasteiger partial charge in [-0.2, -0.15) is 13.2 Å². The maximum Gasteiger partial charge on any atom is 0.405 e. The lowest BCUT2D eigenvalue weighted by atomic mass is 10.2. The van der Waals surface area contributed by atoms with E-state index in [9.17, 15) is 18.0 Å². The van der Waals surface area contributed by atoms with Crippen molar-refractivity contribution in [1.82, 2.24) is 15.5 Å². The molecule has 1 fully saturated rings. The molecule has 1 saturated heterocycles. The van der Waals surface area contributed by atoms with E-state index < -0.39 is 30.8 Å². The normalized spacial score (nSPS) is 19.5. The maximum absolute atomic E-state index is 13.1. The minimum atomic E-state index is -4.36. The molecule has 0 saturated carbocycles. The zero-order chi connectivity index (χ0) is 15.2. The molecule has 9 heteroatoms. The van der Waals surface area contributed by atoms with E-state index in [1.165, 1.54) is 11.8 Å². The molecule has 0 spiro atoms. The van der Waals surface area contributed by atoms with Crippen LogP contribution < -0.4 is 10.6 Å². The maximum atomic E-state index is 13.1. The number of rotatable bonds is 6. The van der Waals surface area contributed by atoms with E-state index >= 15 is 0 Å². The fourth-order valence-corrected chi connectivity index (χ4v) is 2.11. The molecule has 5 nitrogen and oxygen atoms in total. The first kappa shape index (κ1) is 20.4. The van der Waals surface area contributed by atoms with Crippen molar-refractivity contribution in [1.29, 1.82) is 0 Å². The fraction of sp³-hybridized carbons (Fsp3) is 0.917. The van der Waals surface area contributed by atoms with Gasteiger partial charge in [0.15, 0.2) is 0 Å². The van der Waals surface area contributed by atoms with E-state index in [4.69, 9.17) is 4.74 Å². The molecular weight excluding hydrogens is 311 g/mol. The van der Waals surface area contributed by atoms with Gasteiger partial charge in [0, 0.05) is 39.3 Å². The van der Waals surface area contributed by atoms with Crippen LogP contribution in [-0.2, 0) is 9.53 Å². The molecule has 0 aliphatic carbocycles. The molecule has 1 rings (SSSR count). The first-order valence-corrected chi connectivity index (χ1v) is 6.77. The number of ether oxygens (including phenoxy) is 1. The predicted molar refractivity (Wildman–Crippen MR) is 75.6 cm³/mol. The molecule has 1 aliphatic rings. The van der Waals surface area contributed by atoms with Gasteiger partial charge < -0.3 is 15.4 Å². The van der Waals surface area contributed by atoms with Crippen LogP contribution in [0.25, 0.3) is 0 Å². The molecule has 126 valence electrons. The number of amides is 1. The van der Waals surface area contributed by atoms with Gasteiger partial charge in [-0.3, -0.25) is 9.69 Å². The highest BCUT2D eigenvalue weighted by Gasteiger charge is 2.43. The van der Waals surface area contributed by atoms with Crippen LogP contribution >= 0.6 is 12.4 Å². The Bertz CT molecular complexity index is 313. The Balaban J connectivity index is 0.00000400. The number of nitrogens with one attached hydrogen (secondary N) is 2. The van der Waals surface area contributed by atoms with Crippen molar-refractivity contribution in [3.8, 4) is 0 Å². The van der Waals surface area contributed by atoms with Crippen molar-refractivity contribution in [2.24, 2.45) is 0 Å². The second-order valence-electron chi connectivity index (χ2n) is 4.69. The van der Waals surface area contributed by atoms with Gasteiger partial charge in [-0.25, -0.2) is 0 Å². The van der Waals surface area contributed by atoms with Gasteiger partial charge in [-0.1, -0.05) is 0 Å². The summed E-state index contributed by atoms with van der Waals surface area (Å²) in [5.74, 6) is -0.517. The highest BCUT2D eigenvalue weighted by Crippen LogP contribution is 2.24. The van der Waals surface area contributed by atoms with E-state index in [2.05, 4.69) is 10.6 Å². The molecule has 0 bridgehead atoms. The number of hydrogen-bond acceptors (Lipinski definition) is 4. The number of carbonyl (C=O) groups excluding carboxylic acids is 1. The zero-order valence-corrected chi connectivity index (χ0v) is 13.0. The van der Waals surface area contributed by atoms with Crippen LogP contribution in [0.1, 0.15) is 13.8 Å². The third kappa shape index (κ3) is 6.82. The Hall–Kier alpha value is -0.570. The van der Waals surface area contributed by atoms with Crippen molar-refractivity contribution in [2.45, 2.75) is 32.2 Å². The smallest absolute Gasteiger partial charge is 0.369 e. The summed E-state index contributed by atoms with van der Waals surface area (Å²) in [6, 6.07) is -1.65. The molecule has 2 N–H and O–H groups in total. The summed E-state index contributed by atoms with van der Waals surface area (Å²) in [6.45, 7) is 4.83. The van der Waals surface area contributed by atoms with E-state index in [1.807, 2.05) is 0 Å². The number of hydrogen-bond donors (Lipinski definition) is 2. The van der Waals surface area contributed by atoms with Crippen LogP contribution in [0.2, 0.25) is 0 Å². The summed E-state index contributed by atoms with van der Waals surface area (Å²) < 4.78 is 44.2. The van der Waals surface area contributed by atoms with Gasteiger partial charge in [0.2, 0.25) is 5.91 Å². The van der Waals surface area contributed by atoms with Crippen molar-refractivity contribution >= 4 is 18.3 Å². The second kappa shape index (κ2) is 9.45. The van der Waals surface area contributed by atoms with Crippen molar-refractivity contribution < 1.29 is 22.7 Å². The third-order valence-electron chi connectivity index (χ3n) is 3.23. The van der Waals surface area contributed by atoms with E-state index in [1.54, 1.807) is 6.92 Å². The summed E-state index contributed by atoms with van der Waals surface area (Å²) in [5, 5.41) is 5.33. The summed E-state index contributed by atoms with van der Waals surface area (Å²) in [6.07, 6.45) is -5.10. The topological polar surface area (TPSA) is 53.6 Å². The van der Waals surface area contributed by atoms with Crippen molar-refractivity contribution in [3.63, 3.8) is 0 Å². The quantitative estimate of drug-likeness (QED) is 0.754. The Labute approximate surface area is 129 Å². The highest BCUT2D eigenvalue weighted by atomic mass is 35.5. The molecule has 0 aromatic carbocycles. The Morgan fingerprint density at radius 2 is 1.95 bits per heavy atom. The van der Waals surface area contributed by atoms with Crippen LogP contribution in [0.3, 0.4) is 0 Å². The molecule has 2 atom stereocenters. The first-order chi connectivity index (χ1) is 9.36. The number of piperazine rings is 1. The fourth-order valence-electron chi connectivity index (χ4n) is 2.11. The lowest BCUT2D eigenvalue weighted by molar-refractivity contribution is -0.184. The number of carbonyl (C=O) groups is 1. The summed E-state index contributed by atoms with van der Waals surface area (Å²) in [5.41, 5.74) is 0. The largest absolute Gasteiger partial charge is 0.405 e. The van der Waals surface area contributed by atoms with Gasteiger partial charge >= 0.3 is 6.18 Å². The van der Waals surface area contributed by atoms with Crippen LogP contribution in [0.5, 0.6) is 0 Å². The molecular formula is C12H23ClF3N3O2. The summed E-state index contributed by atoms with van der Waals surface area (Å²) >= 11 is 0. The predicted octanol–water partition coefficient (Wildman–Crippen LogP) is 0.785. The molecule has 21 heavy (non-hydrogen) atoms. The number of halogens is 4. The van der Waals surface area contributed by atoms with Gasteiger partial charge in [-0.15, -0.1) is 12.4 Å². The molecule has 1 amide bonds. The van der Waals surface area contributed by atoms with Crippen LogP contribution in [-0.4, -0.2) is 68.5 Å². The first-order valence-electron chi connectivity index (χ1n) is 6.77. The van der Waals surface area contributed by atoms with E-state index in [-0.39, 0.29) is 12.4 Å². The molecule has 0 aromatic heterocycles. The SMILES string of the molecule is CCOC(C)C(=O)NCC(N1CCNCC1)C(F)(F)F.Cl. The van der Waals surface area contributed by atoms with Gasteiger partial charge in [0.25, 0.3) is 0 Å². The molecule has 0 aromatic rings. The average molecular weight is 334 g/mol. The lowest BCUT2D eigenvalue weighted by Crippen LogP contribution is -2.58. The van der Waals surface area contributed by atoms with Crippen LogP contribution in [0.15, 0.2) is 0 Å². The second-order valence-corrected chi connectivity index (χ2v) is 4.69. The van der Waals surface area contributed by atoms with E-state index in [0.29, 0.717) is 32.8 Å². The van der Waals surface area contributed by atoms with Gasteiger partial charge in [0.05, 0.1) is 0 Å². The van der Waals surface area contributed by atoms with Crippen molar-refractivity contribution in [3.05, 3.63) is 0 Å². The number of nitrogens with zero attached hydrogens (tertiary/aromatic N) is 1. The van der Waals surface area contributed by atoms with Gasteiger partial charge in [0.1, 0.15) is 12.1 Å². The zero-order valence-electron chi connectivity index (χ0n) is 12.2. The summed E-state index contributed by atoms with van der Waals surface area (Å²) in [7, 11) is 0. The van der Waals surface area contributed by atoms with E-state index in [0.717, 1.165) is 0 Å². The van der Waals surface area contributed by atoms with Gasteiger partial charge in [-0.05, 0) is 13.8 Å². The number of alkyl halides is 3. The average Bonchev–Trinajstić information content (AvgIpc) is 2.38. The molecule has 0 radical (unpaired) electrons. The highest BCUT2D eigenvalue weighted by molar-refractivity contribution is 5.85. The molecule has 2 unspecified atom stereocenters. The Morgan fingerprint density at radius 3 is 2.43 bits per heavy atom. The minimum Gasteiger partial charge on any atom is -0.369 e. The third-order valence-corrected chi connectivity index (χ3v) is 3.23. The Kier molecular flexibility index (Phi) is 9.19. The monoisotopic (exact) mass is 333 g/mol. The van der Waals surface area contributed by atoms with Crippen LogP contribution in [0.4, 0.5) is 13.2 Å². The standard InChI is InChI=1S/C12H22F3N3O2.ClH/c1-3-20-9(2)11(19)17-8-10(12(13,14)15)18-6-4-16-5-7-18;/h9-10,16H,3-8H2,1-2H3,(H,17,19);1H. The summed E-state index contributed by atoms with van der Waals surface area (Å²) in [4.78, 5) is 13.0. The molecule has 1 heterocycles. The molecule has 1 aliphatic heterocycles. The van der Waals surface area contributed by atoms with Crippen LogP contribution in [0, 0.1) is 0 Å². The lowest BCUT2D eigenvalue weighted by Gasteiger charge is -2.36. The minimum absolute atomic E-state index is 0.